The summed E-state index contributed by atoms with van der Waals surface area (Å²) in [6.45, 7) is -2.56. The Balaban J connectivity index is 2.96. The molecule has 0 heterocycles. The van der Waals surface area contributed by atoms with Crippen molar-refractivity contribution in [2.75, 3.05) is 26.7 Å². The Morgan fingerprint density at radius 3 is 2.54 bits per heavy atom. The van der Waals surface area contributed by atoms with Crippen LogP contribution in [-0.4, -0.2) is 67.9 Å². The Morgan fingerprint density at radius 1 is 1.38 bits per heavy atom. The summed E-state index contributed by atoms with van der Waals surface area (Å²) in [5, 5.41) is 19.7. The van der Waals surface area contributed by atoms with Crippen molar-refractivity contribution in [1.29, 1.82) is 0 Å². The summed E-state index contributed by atoms with van der Waals surface area (Å²) in [5.74, 6) is -1.07. The molecular formula is C13H17F3N2O5S. The second kappa shape index (κ2) is 7.92. The number of sulfonamides is 1. The van der Waals surface area contributed by atoms with Gasteiger partial charge in [-0.05, 0) is 18.2 Å². The molecule has 1 aromatic rings. The maximum absolute atomic E-state index is 12.3. The van der Waals surface area contributed by atoms with Crippen LogP contribution in [0, 0.1) is 0 Å². The summed E-state index contributed by atoms with van der Waals surface area (Å²) >= 11 is 0. The number of nitrogens with one attached hydrogen (secondary N) is 1. The topological polar surface area (TPSA) is 107 Å². The van der Waals surface area contributed by atoms with Crippen molar-refractivity contribution in [3.05, 3.63) is 29.8 Å². The molecule has 0 spiro atoms. The zero-order chi connectivity index (χ0) is 18.5. The Morgan fingerprint density at radius 2 is 2.00 bits per heavy atom. The number of aliphatic hydroxyl groups excluding tert-OH is 2. The van der Waals surface area contributed by atoms with Gasteiger partial charge in [-0.25, -0.2) is 8.42 Å². The Kier molecular flexibility index (Phi) is 6.72. The van der Waals surface area contributed by atoms with E-state index in [1.165, 1.54) is 12.1 Å². The van der Waals surface area contributed by atoms with Crippen LogP contribution in [0.3, 0.4) is 0 Å². The minimum Gasteiger partial charge on any atom is -0.394 e. The largest absolute Gasteiger partial charge is 0.405 e. The maximum atomic E-state index is 12.3. The van der Waals surface area contributed by atoms with Crippen molar-refractivity contribution in [1.82, 2.24) is 9.62 Å². The predicted octanol–water partition coefficient (Wildman–Crippen LogP) is -0.0476. The fourth-order valence-corrected chi connectivity index (χ4v) is 2.97. The number of benzene rings is 1. The van der Waals surface area contributed by atoms with E-state index in [9.17, 15) is 31.5 Å². The van der Waals surface area contributed by atoms with E-state index < -0.39 is 41.4 Å². The van der Waals surface area contributed by atoms with E-state index >= 15 is 0 Å². The zero-order valence-corrected chi connectivity index (χ0v) is 13.4. The highest BCUT2D eigenvalue weighted by molar-refractivity contribution is 7.89. The van der Waals surface area contributed by atoms with Gasteiger partial charge in [-0.3, -0.25) is 4.79 Å². The molecule has 0 aliphatic heterocycles. The lowest BCUT2D eigenvalue weighted by atomic mass is 10.2. The number of amides is 1. The molecule has 0 aliphatic rings. The van der Waals surface area contributed by atoms with Crippen LogP contribution in [-0.2, 0) is 10.0 Å². The molecule has 136 valence electrons. The standard InChI is InChI=1S/C13H17F3N2O5S/c1-18(6-10(20)7-19)24(22,23)11-4-2-3-9(5-11)12(21)17-8-13(14,15)16/h2-5,10,19-20H,6-8H2,1H3,(H,17,21)/t10-/m1/s1. The third-order valence-corrected chi connectivity index (χ3v) is 4.75. The summed E-state index contributed by atoms with van der Waals surface area (Å²) in [4.78, 5) is 11.3. The number of halogens is 3. The first-order valence-electron chi connectivity index (χ1n) is 6.67. The Bertz CT molecular complexity index is 678. The molecule has 0 aromatic heterocycles. The van der Waals surface area contributed by atoms with Gasteiger partial charge < -0.3 is 15.5 Å². The monoisotopic (exact) mass is 370 g/mol. The van der Waals surface area contributed by atoms with E-state index in [0.29, 0.717) is 0 Å². The first-order chi connectivity index (χ1) is 11.0. The molecule has 0 saturated heterocycles. The highest BCUT2D eigenvalue weighted by Crippen LogP contribution is 2.17. The van der Waals surface area contributed by atoms with E-state index in [1.807, 2.05) is 0 Å². The molecule has 0 radical (unpaired) electrons. The van der Waals surface area contributed by atoms with Crippen molar-refractivity contribution in [3.8, 4) is 0 Å². The number of aliphatic hydroxyl groups is 2. The van der Waals surface area contributed by atoms with Gasteiger partial charge in [0.05, 0.1) is 17.6 Å². The molecule has 0 aliphatic carbocycles. The van der Waals surface area contributed by atoms with Gasteiger partial charge in [-0.2, -0.15) is 17.5 Å². The minimum absolute atomic E-state index is 0.253. The van der Waals surface area contributed by atoms with Gasteiger partial charge in [0, 0.05) is 19.2 Å². The minimum atomic E-state index is -4.58. The van der Waals surface area contributed by atoms with Crippen LogP contribution in [0.4, 0.5) is 13.2 Å². The number of alkyl halides is 3. The third-order valence-electron chi connectivity index (χ3n) is 2.93. The first-order valence-corrected chi connectivity index (χ1v) is 8.11. The lowest BCUT2D eigenvalue weighted by Crippen LogP contribution is -2.36. The van der Waals surface area contributed by atoms with Crippen LogP contribution < -0.4 is 5.32 Å². The van der Waals surface area contributed by atoms with Crippen molar-refractivity contribution in [2.45, 2.75) is 17.2 Å². The summed E-state index contributed by atoms with van der Waals surface area (Å²) in [7, 11) is -2.93. The van der Waals surface area contributed by atoms with Crippen molar-refractivity contribution in [2.24, 2.45) is 0 Å². The molecule has 3 N–H and O–H groups in total. The highest BCUT2D eigenvalue weighted by Gasteiger charge is 2.28. The summed E-state index contributed by atoms with van der Waals surface area (Å²) in [6.07, 6.45) is -5.87. The molecule has 24 heavy (non-hydrogen) atoms. The van der Waals surface area contributed by atoms with Gasteiger partial charge in [-0.15, -0.1) is 0 Å². The van der Waals surface area contributed by atoms with Crippen LogP contribution in [0.15, 0.2) is 29.2 Å². The normalized spacial score (nSPS) is 13.8. The number of hydrogen-bond donors (Lipinski definition) is 3. The SMILES string of the molecule is CN(C[C@@H](O)CO)S(=O)(=O)c1cccc(C(=O)NCC(F)(F)F)c1. The molecule has 1 rings (SSSR count). The quantitative estimate of drug-likeness (QED) is 0.624. The lowest BCUT2D eigenvalue weighted by molar-refractivity contribution is -0.123. The zero-order valence-electron chi connectivity index (χ0n) is 12.6. The van der Waals surface area contributed by atoms with Gasteiger partial charge in [0.1, 0.15) is 6.54 Å². The van der Waals surface area contributed by atoms with E-state index in [1.54, 1.807) is 5.32 Å². The van der Waals surface area contributed by atoms with Crippen LogP contribution in [0.25, 0.3) is 0 Å². The Labute approximate surface area is 136 Å². The smallest absolute Gasteiger partial charge is 0.394 e. The molecule has 0 fully saturated rings. The van der Waals surface area contributed by atoms with E-state index in [2.05, 4.69) is 0 Å². The molecule has 7 nitrogen and oxygen atoms in total. The Hall–Kier alpha value is -1.69. The van der Waals surface area contributed by atoms with Gasteiger partial charge in [0.2, 0.25) is 10.0 Å². The third kappa shape index (κ3) is 5.74. The molecule has 0 saturated carbocycles. The van der Waals surface area contributed by atoms with E-state index in [0.717, 1.165) is 23.5 Å². The van der Waals surface area contributed by atoms with Crippen LogP contribution in [0.1, 0.15) is 10.4 Å². The number of carbonyl (C=O) groups is 1. The van der Waals surface area contributed by atoms with Gasteiger partial charge in [-0.1, -0.05) is 6.07 Å². The molecule has 1 aromatic carbocycles. The van der Waals surface area contributed by atoms with Gasteiger partial charge >= 0.3 is 6.18 Å². The van der Waals surface area contributed by atoms with Gasteiger partial charge in [0.25, 0.3) is 5.91 Å². The van der Waals surface area contributed by atoms with Crippen molar-refractivity contribution < 1.29 is 36.6 Å². The summed E-state index contributed by atoms with van der Waals surface area (Å²) in [5.41, 5.74) is -0.253. The molecular weight excluding hydrogens is 353 g/mol. The van der Waals surface area contributed by atoms with Gasteiger partial charge in [0.15, 0.2) is 0 Å². The van der Waals surface area contributed by atoms with Crippen LogP contribution in [0.5, 0.6) is 0 Å². The summed E-state index contributed by atoms with van der Waals surface area (Å²) in [6, 6.07) is 4.49. The molecule has 1 atom stereocenters. The van der Waals surface area contributed by atoms with E-state index in [-0.39, 0.29) is 17.0 Å². The maximum Gasteiger partial charge on any atom is 0.405 e. The number of nitrogens with zero attached hydrogens (tertiary/aromatic N) is 1. The molecule has 1 amide bonds. The van der Waals surface area contributed by atoms with Crippen molar-refractivity contribution >= 4 is 15.9 Å². The predicted molar refractivity (Wildman–Crippen MR) is 77.7 cm³/mol. The number of likely N-dealkylation sites (N-methyl/N-ethyl adjacent to an activating group) is 1. The van der Waals surface area contributed by atoms with Crippen molar-refractivity contribution in [3.63, 3.8) is 0 Å². The molecule has 0 bridgehead atoms. The first kappa shape index (κ1) is 20.4. The van der Waals surface area contributed by atoms with E-state index in [4.69, 9.17) is 5.11 Å². The fourth-order valence-electron chi connectivity index (χ4n) is 1.71. The second-order valence-corrected chi connectivity index (χ2v) is 6.99. The number of hydrogen-bond acceptors (Lipinski definition) is 5. The average molecular weight is 370 g/mol. The number of carbonyl (C=O) groups excluding carboxylic acids is 1. The van der Waals surface area contributed by atoms with Crippen LogP contribution >= 0.6 is 0 Å². The molecule has 0 unspecified atom stereocenters. The second-order valence-electron chi connectivity index (χ2n) is 4.95. The average Bonchev–Trinajstić information content (AvgIpc) is 2.51. The number of rotatable bonds is 7. The summed E-state index contributed by atoms with van der Waals surface area (Å²) < 4.78 is 61.7. The highest BCUT2D eigenvalue weighted by atomic mass is 32.2. The lowest BCUT2D eigenvalue weighted by Gasteiger charge is -2.19. The fraction of sp³-hybridized carbons (Fsp3) is 0.462. The van der Waals surface area contributed by atoms with Crippen LogP contribution in [0.2, 0.25) is 0 Å². The molecule has 11 heteroatoms.